The van der Waals surface area contributed by atoms with Crippen molar-refractivity contribution < 1.29 is 9.53 Å². The Hall–Kier alpha value is -2.79. The van der Waals surface area contributed by atoms with Crippen molar-refractivity contribution in [2.75, 3.05) is 13.7 Å². The van der Waals surface area contributed by atoms with Crippen LogP contribution in [-0.2, 0) is 0 Å². The molecule has 1 amide bonds. The van der Waals surface area contributed by atoms with Crippen molar-refractivity contribution in [1.29, 1.82) is 0 Å². The van der Waals surface area contributed by atoms with Crippen LogP contribution in [0.3, 0.4) is 0 Å². The monoisotopic (exact) mass is 381 g/mol. The van der Waals surface area contributed by atoms with E-state index in [1.807, 2.05) is 35.2 Å². The molecule has 5 nitrogen and oxygen atoms in total. The van der Waals surface area contributed by atoms with Gasteiger partial charge in [0.05, 0.1) is 24.4 Å². The third-order valence-electron chi connectivity index (χ3n) is 5.02. The molecule has 0 aliphatic carbocycles. The van der Waals surface area contributed by atoms with Gasteiger partial charge >= 0.3 is 0 Å². The first-order chi connectivity index (χ1) is 13.2. The van der Waals surface area contributed by atoms with Gasteiger partial charge in [0, 0.05) is 6.54 Å². The number of nitrogens with one attached hydrogen (secondary N) is 1. The normalized spacial score (nSPS) is 16.5. The number of H-pyrrole nitrogens is 1. The molecule has 1 aliphatic heterocycles. The minimum atomic E-state index is -0.111. The molecule has 2 heterocycles. The number of nitrogens with zero attached hydrogens (tertiary/aromatic N) is 2. The SMILES string of the molecule is COc1cccc(-c2ccccc2[C@@H]2CCCN2C(=O)c2[nH]ncc2Cl)c1. The summed E-state index contributed by atoms with van der Waals surface area (Å²) in [4.78, 5) is 14.9. The zero-order valence-electron chi connectivity index (χ0n) is 15.0. The highest BCUT2D eigenvalue weighted by atomic mass is 35.5. The number of ether oxygens (including phenoxy) is 1. The third kappa shape index (κ3) is 3.30. The summed E-state index contributed by atoms with van der Waals surface area (Å²) in [6.45, 7) is 0.700. The molecule has 0 saturated carbocycles. The van der Waals surface area contributed by atoms with Crippen molar-refractivity contribution in [1.82, 2.24) is 15.1 Å². The molecule has 3 aromatic rings. The van der Waals surface area contributed by atoms with Crippen LogP contribution in [0.4, 0.5) is 0 Å². The highest BCUT2D eigenvalue weighted by Crippen LogP contribution is 2.39. The molecule has 6 heteroatoms. The summed E-state index contributed by atoms with van der Waals surface area (Å²) in [5.41, 5.74) is 3.66. The minimum absolute atomic E-state index is 0.000678. The topological polar surface area (TPSA) is 58.2 Å². The van der Waals surface area contributed by atoms with Gasteiger partial charge in [-0.05, 0) is 41.7 Å². The zero-order chi connectivity index (χ0) is 18.8. The number of aromatic nitrogens is 2. The van der Waals surface area contributed by atoms with Crippen LogP contribution in [0.25, 0.3) is 11.1 Å². The lowest BCUT2D eigenvalue weighted by atomic mass is 9.93. The fourth-order valence-corrected chi connectivity index (χ4v) is 3.91. The van der Waals surface area contributed by atoms with Gasteiger partial charge in [-0.3, -0.25) is 9.89 Å². The number of carbonyl (C=O) groups is 1. The molecule has 1 atom stereocenters. The molecule has 0 bridgehead atoms. The summed E-state index contributed by atoms with van der Waals surface area (Å²) >= 11 is 6.11. The van der Waals surface area contributed by atoms with E-state index in [1.165, 1.54) is 6.20 Å². The Bertz CT molecular complexity index is 969. The van der Waals surface area contributed by atoms with E-state index in [2.05, 4.69) is 28.4 Å². The molecule has 27 heavy (non-hydrogen) atoms. The minimum Gasteiger partial charge on any atom is -0.497 e. The summed E-state index contributed by atoms with van der Waals surface area (Å²) < 4.78 is 5.37. The van der Waals surface area contributed by atoms with Crippen LogP contribution >= 0.6 is 11.6 Å². The Labute approximate surface area is 162 Å². The standard InChI is InChI=1S/C21H20ClN3O2/c1-27-15-7-4-6-14(12-15)16-8-2-3-9-17(16)19-10-5-11-25(19)21(26)20-18(22)13-23-24-20/h2-4,6-9,12-13,19H,5,10-11H2,1H3,(H,23,24)/t19-/m0/s1. The Morgan fingerprint density at radius 3 is 2.89 bits per heavy atom. The van der Waals surface area contributed by atoms with E-state index < -0.39 is 0 Å². The summed E-state index contributed by atoms with van der Waals surface area (Å²) in [6, 6.07) is 16.2. The number of benzene rings is 2. The molecule has 0 radical (unpaired) electrons. The predicted octanol–water partition coefficient (Wildman–Crippen LogP) is 4.72. The second-order valence-electron chi connectivity index (χ2n) is 6.57. The van der Waals surface area contributed by atoms with Gasteiger partial charge in [0.1, 0.15) is 11.4 Å². The lowest BCUT2D eigenvalue weighted by Crippen LogP contribution is -2.31. The fraction of sp³-hybridized carbons (Fsp3) is 0.238. The maximum absolute atomic E-state index is 13.0. The third-order valence-corrected chi connectivity index (χ3v) is 5.31. The molecular weight excluding hydrogens is 362 g/mol. The zero-order valence-corrected chi connectivity index (χ0v) is 15.7. The summed E-state index contributed by atoms with van der Waals surface area (Å²) in [7, 11) is 1.66. The van der Waals surface area contributed by atoms with Gasteiger partial charge in [0.2, 0.25) is 0 Å². The van der Waals surface area contributed by atoms with Crippen molar-refractivity contribution in [2.24, 2.45) is 0 Å². The number of likely N-dealkylation sites (tertiary alicyclic amines) is 1. The molecular formula is C21H20ClN3O2. The molecule has 4 rings (SSSR count). The van der Waals surface area contributed by atoms with Crippen molar-refractivity contribution in [3.63, 3.8) is 0 Å². The van der Waals surface area contributed by atoms with E-state index in [9.17, 15) is 4.79 Å². The Morgan fingerprint density at radius 1 is 1.26 bits per heavy atom. The number of aromatic amines is 1. The molecule has 1 aromatic heterocycles. The maximum atomic E-state index is 13.0. The molecule has 1 fully saturated rings. The second-order valence-corrected chi connectivity index (χ2v) is 6.98. The Morgan fingerprint density at radius 2 is 2.11 bits per heavy atom. The fourth-order valence-electron chi connectivity index (χ4n) is 3.74. The van der Waals surface area contributed by atoms with Crippen LogP contribution in [0.15, 0.2) is 54.7 Å². The molecule has 138 valence electrons. The maximum Gasteiger partial charge on any atom is 0.273 e. The van der Waals surface area contributed by atoms with Crippen molar-refractivity contribution in [3.05, 3.63) is 71.0 Å². The number of rotatable bonds is 4. The first kappa shape index (κ1) is 17.6. The number of halogens is 1. The predicted molar refractivity (Wildman–Crippen MR) is 105 cm³/mol. The highest BCUT2D eigenvalue weighted by Gasteiger charge is 2.33. The summed E-state index contributed by atoms with van der Waals surface area (Å²) in [5, 5.41) is 6.96. The first-order valence-electron chi connectivity index (χ1n) is 8.92. The molecule has 1 saturated heterocycles. The van der Waals surface area contributed by atoms with Gasteiger partial charge in [-0.2, -0.15) is 5.10 Å². The number of hydrogen-bond acceptors (Lipinski definition) is 3. The average Bonchev–Trinajstić information content (AvgIpc) is 3.36. The summed E-state index contributed by atoms with van der Waals surface area (Å²) in [5.74, 6) is 0.700. The van der Waals surface area contributed by atoms with E-state index in [0.717, 1.165) is 35.3 Å². The molecule has 1 aliphatic rings. The van der Waals surface area contributed by atoms with Crippen LogP contribution in [0, 0.1) is 0 Å². The quantitative estimate of drug-likeness (QED) is 0.711. The Kier molecular flexibility index (Phi) is 4.86. The van der Waals surface area contributed by atoms with E-state index in [1.54, 1.807) is 7.11 Å². The number of amides is 1. The average molecular weight is 382 g/mol. The van der Waals surface area contributed by atoms with Crippen molar-refractivity contribution in [3.8, 4) is 16.9 Å². The van der Waals surface area contributed by atoms with E-state index >= 15 is 0 Å². The van der Waals surface area contributed by atoms with Crippen molar-refractivity contribution in [2.45, 2.75) is 18.9 Å². The van der Waals surface area contributed by atoms with Gasteiger partial charge in [-0.15, -0.1) is 0 Å². The van der Waals surface area contributed by atoms with Gasteiger partial charge in [0.25, 0.3) is 5.91 Å². The van der Waals surface area contributed by atoms with Gasteiger partial charge in [-0.25, -0.2) is 0 Å². The van der Waals surface area contributed by atoms with E-state index in [4.69, 9.17) is 16.3 Å². The summed E-state index contributed by atoms with van der Waals surface area (Å²) in [6.07, 6.45) is 3.33. The van der Waals surface area contributed by atoms with Gasteiger partial charge in [-0.1, -0.05) is 48.0 Å². The van der Waals surface area contributed by atoms with E-state index in [-0.39, 0.29) is 11.9 Å². The number of methoxy groups -OCH3 is 1. The van der Waals surface area contributed by atoms with Crippen molar-refractivity contribution >= 4 is 17.5 Å². The number of carbonyl (C=O) groups excluding carboxylic acids is 1. The van der Waals surface area contributed by atoms with Gasteiger partial charge < -0.3 is 9.64 Å². The largest absolute Gasteiger partial charge is 0.497 e. The van der Waals surface area contributed by atoms with Crippen LogP contribution < -0.4 is 4.74 Å². The van der Waals surface area contributed by atoms with Crippen LogP contribution in [0.5, 0.6) is 5.75 Å². The lowest BCUT2D eigenvalue weighted by Gasteiger charge is -2.26. The highest BCUT2D eigenvalue weighted by molar-refractivity contribution is 6.33. The second kappa shape index (κ2) is 7.45. The first-order valence-corrected chi connectivity index (χ1v) is 9.30. The lowest BCUT2D eigenvalue weighted by molar-refractivity contribution is 0.0730. The van der Waals surface area contributed by atoms with Gasteiger partial charge in [0.15, 0.2) is 0 Å². The number of hydrogen-bond donors (Lipinski definition) is 1. The Balaban J connectivity index is 1.72. The van der Waals surface area contributed by atoms with Crippen LogP contribution in [0.1, 0.15) is 34.9 Å². The van der Waals surface area contributed by atoms with Crippen LogP contribution in [0.2, 0.25) is 5.02 Å². The molecule has 2 aromatic carbocycles. The molecule has 0 spiro atoms. The van der Waals surface area contributed by atoms with Crippen LogP contribution in [-0.4, -0.2) is 34.7 Å². The smallest absolute Gasteiger partial charge is 0.273 e. The molecule has 1 N–H and O–H groups in total. The van der Waals surface area contributed by atoms with E-state index in [0.29, 0.717) is 17.3 Å². The molecule has 0 unspecified atom stereocenters.